The lowest BCUT2D eigenvalue weighted by Gasteiger charge is -2.27. The second-order valence-corrected chi connectivity index (χ2v) is 6.65. The molecule has 3 aromatic rings. The number of ether oxygens (including phenoxy) is 1. The van der Waals surface area contributed by atoms with Gasteiger partial charge in [0.25, 0.3) is 5.82 Å². The van der Waals surface area contributed by atoms with E-state index in [9.17, 15) is 35.8 Å². The predicted molar refractivity (Wildman–Crippen MR) is 99.8 cm³/mol. The molecule has 6 nitrogen and oxygen atoms in total. The highest BCUT2D eigenvalue weighted by molar-refractivity contribution is 5.58. The van der Waals surface area contributed by atoms with E-state index in [0.717, 1.165) is 0 Å². The fourth-order valence-electron chi connectivity index (χ4n) is 2.48. The maximum atomic E-state index is 13.3. The normalized spacial score (nSPS) is 13.1. The molecule has 33 heavy (non-hydrogen) atoms. The summed E-state index contributed by atoms with van der Waals surface area (Å²) in [6, 6.07) is 14.0. The molecule has 1 heterocycles. The summed E-state index contributed by atoms with van der Waals surface area (Å²) in [4.78, 5) is 3.95. The predicted octanol–water partition coefficient (Wildman–Crippen LogP) is 6.81. The van der Waals surface area contributed by atoms with Gasteiger partial charge in [0.1, 0.15) is 6.61 Å². The minimum Gasteiger partial charge on any atom is -0.478 e. The monoisotopic (exact) mass is 477 g/mol. The summed E-state index contributed by atoms with van der Waals surface area (Å²) in [5.41, 5.74) is 0.845. The van der Waals surface area contributed by atoms with Gasteiger partial charge in [0.2, 0.25) is 5.89 Å². The number of hydrogen-bond donors (Lipinski definition) is 1. The summed E-state index contributed by atoms with van der Waals surface area (Å²) in [5.74, 6) is -12.7. The lowest BCUT2D eigenvalue weighted by atomic mass is 10.1. The summed E-state index contributed by atoms with van der Waals surface area (Å²) >= 11 is 0. The number of benzene rings is 2. The molecule has 13 heteroatoms. The third-order valence-electron chi connectivity index (χ3n) is 4.15. The van der Waals surface area contributed by atoms with Crippen LogP contribution >= 0.6 is 0 Å². The van der Waals surface area contributed by atoms with Gasteiger partial charge in [0.05, 0.1) is 12.3 Å². The van der Waals surface area contributed by atoms with Gasteiger partial charge in [-0.2, -0.15) is 35.7 Å². The van der Waals surface area contributed by atoms with Crippen LogP contribution in [0.2, 0.25) is 0 Å². The van der Waals surface area contributed by atoms with Crippen LogP contribution in [0.5, 0.6) is 5.95 Å². The van der Waals surface area contributed by atoms with Crippen LogP contribution in [-0.4, -0.2) is 34.7 Å². The maximum absolute atomic E-state index is 13.3. The van der Waals surface area contributed by atoms with E-state index in [2.05, 4.69) is 19.9 Å². The van der Waals surface area contributed by atoms with Crippen molar-refractivity contribution in [3.8, 4) is 17.4 Å². The number of azo groups is 1. The molecule has 3 rings (SSSR count). The van der Waals surface area contributed by atoms with E-state index >= 15 is 0 Å². The third-order valence-corrected chi connectivity index (χ3v) is 4.15. The van der Waals surface area contributed by atoms with Gasteiger partial charge in [-0.05, 0) is 29.8 Å². The van der Waals surface area contributed by atoms with Gasteiger partial charge >= 0.3 is 24.0 Å². The van der Waals surface area contributed by atoms with Gasteiger partial charge in [-0.15, -0.1) is 10.2 Å². The van der Waals surface area contributed by atoms with E-state index in [1.165, 1.54) is 24.3 Å². The Morgan fingerprint density at radius 3 is 2.27 bits per heavy atom. The fraction of sp³-hybridized carbons (Fsp3) is 0.250. The smallest absolute Gasteiger partial charge is 0.459 e. The molecule has 0 unspecified atom stereocenters. The number of halogens is 7. The molecule has 0 saturated carbocycles. The van der Waals surface area contributed by atoms with Crippen molar-refractivity contribution in [1.82, 2.24) is 4.98 Å². The molecule has 0 atom stereocenters. The molecular weight excluding hydrogens is 463 g/mol. The Labute approximate surface area is 181 Å². The minimum atomic E-state index is -6.43. The van der Waals surface area contributed by atoms with Crippen LogP contribution in [0.15, 0.2) is 69.2 Å². The molecule has 0 amide bonds. The first-order valence-corrected chi connectivity index (χ1v) is 9.07. The molecule has 1 aromatic heterocycles. The zero-order valence-electron chi connectivity index (χ0n) is 16.4. The molecule has 0 aliphatic heterocycles. The number of oxazole rings is 1. The minimum absolute atomic E-state index is 0.134. The van der Waals surface area contributed by atoms with Crippen LogP contribution in [0, 0.1) is 0 Å². The SMILES string of the molecule is Oc1oc(-c2cccc(COCC(F)(F)C(F)(F)C(F)(F)F)c2)nc1N=Nc1ccccc1. The van der Waals surface area contributed by atoms with Gasteiger partial charge in [-0.25, -0.2) is 0 Å². The van der Waals surface area contributed by atoms with Crippen LogP contribution in [-0.2, 0) is 11.3 Å². The van der Waals surface area contributed by atoms with Crippen molar-refractivity contribution in [3.05, 3.63) is 60.2 Å². The number of aromatic nitrogens is 1. The molecule has 176 valence electrons. The van der Waals surface area contributed by atoms with E-state index in [0.29, 0.717) is 5.69 Å². The zero-order chi connectivity index (χ0) is 24.3. The van der Waals surface area contributed by atoms with E-state index in [4.69, 9.17) is 4.42 Å². The van der Waals surface area contributed by atoms with Crippen molar-refractivity contribution in [1.29, 1.82) is 0 Å². The number of rotatable bonds is 8. The molecule has 0 saturated heterocycles. The lowest BCUT2D eigenvalue weighted by Crippen LogP contribution is -2.54. The lowest BCUT2D eigenvalue weighted by molar-refractivity contribution is -0.361. The second-order valence-electron chi connectivity index (χ2n) is 6.65. The van der Waals surface area contributed by atoms with Crippen molar-refractivity contribution in [2.75, 3.05) is 6.61 Å². The molecule has 0 radical (unpaired) electrons. The number of nitrogens with zero attached hydrogens (tertiary/aromatic N) is 3. The van der Waals surface area contributed by atoms with Crippen molar-refractivity contribution >= 4 is 11.5 Å². The molecule has 1 N–H and O–H groups in total. The summed E-state index contributed by atoms with van der Waals surface area (Å²) in [6.07, 6.45) is -6.43. The Balaban J connectivity index is 1.69. The molecule has 0 aliphatic carbocycles. The first kappa shape index (κ1) is 24.2. The van der Waals surface area contributed by atoms with Crippen LogP contribution in [0.3, 0.4) is 0 Å². The number of aromatic hydroxyl groups is 1. The van der Waals surface area contributed by atoms with E-state index < -0.39 is 37.2 Å². The summed E-state index contributed by atoms with van der Waals surface area (Å²) < 4.78 is 98.5. The van der Waals surface area contributed by atoms with Gasteiger partial charge in [-0.3, -0.25) is 0 Å². The van der Waals surface area contributed by atoms with E-state index in [1.54, 1.807) is 30.3 Å². The number of alkyl halides is 7. The van der Waals surface area contributed by atoms with Gasteiger partial charge in [0.15, 0.2) is 0 Å². The van der Waals surface area contributed by atoms with Crippen molar-refractivity contribution in [3.63, 3.8) is 0 Å². The molecule has 0 aliphatic rings. The maximum Gasteiger partial charge on any atom is 0.459 e. The van der Waals surface area contributed by atoms with E-state index in [-0.39, 0.29) is 22.8 Å². The Morgan fingerprint density at radius 1 is 0.909 bits per heavy atom. The van der Waals surface area contributed by atoms with Crippen LogP contribution in [0.4, 0.5) is 42.2 Å². The Morgan fingerprint density at radius 2 is 1.61 bits per heavy atom. The molecule has 0 spiro atoms. The quantitative estimate of drug-likeness (QED) is 0.286. The Hall–Kier alpha value is -3.48. The van der Waals surface area contributed by atoms with Gasteiger partial charge in [0, 0.05) is 5.56 Å². The average Bonchev–Trinajstić information content (AvgIpc) is 3.13. The highest BCUT2D eigenvalue weighted by atomic mass is 19.4. The second kappa shape index (κ2) is 9.17. The summed E-state index contributed by atoms with van der Waals surface area (Å²) in [6.45, 7) is -2.86. The van der Waals surface area contributed by atoms with Gasteiger partial charge in [-0.1, -0.05) is 30.3 Å². The molecular formula is C20H14F7N3O3. The standard InChI is InChI=1S/C20H14F7N3O3/c21-18(22,19(23,24)20(25,26)27)11-32-10-12-5-4-6-13(9-12)16-28-15(17(31)33-16)30-29-14-7-2-1-3-8-14/h1-9,31H,10-11H2. The van der Waals surface area contributed by atoms with Crippen LogP contribution in [0.1, 0.15) is 5.56 Å². The molecule has 0 fully saturated rings. The third kappa shape index (κ3) is 5.48. The topological polar surface area (TPSA) is 80.2 Å². The highest BCUT2D eigenvalue weighted by Gasteiger charge is 2.72. The highest BCUT2D eigenvalue weighted by Crippen LogP contribution is 2.46. The van der Waals surface area contributed by atoms with E-state index in [1.807, 2.05) is 0 Å². The summed E-state index contributed by atoms with van der Waals surface area (Å²) in [5, 5.41) is 17.5. The molecule has 2 aromatic carbocycles. The summed E-state index contributed by atoms with van der Waals surface area (Å²) in [7, 11) is 0. The van der Waals surface area contributed by atoms with Crippen LogP contribution in [0.25, 0.3) is 11.5 Å². The van der Waals surface area contributed by atoms with Crippen molar-refractivity contribution in [2.24, 2.45) is 10.2 Å². The van der Waals surface area contributed by atoms with Gasteiger partial charge < -0.3 is 14.3 Å². The largest absolute Gasteiger partial charge is 0.478 e. The fourth-order valence-corrected chi connectivity index (χ4v) is 2.48. The Bertz CT molecular complexity index is 1120. The zero-order valence-corrected chi connectivity index (χ0v) is 16.4. The molecule has 0 bridgehead atoms. The van der Waals surface area contributed by atoms with Crippen LogP contribution < -0.4 is 0 Å². The first-order chi connectivity index (χ1) is 15.4. The van der Waals surface area contributed by atoms with Crippen molar-refractivity contribution in [2.45, 2.75) is 24.6 Å². The number of hydrogen-bond acceptors (Lipinski definition) is 6. The average molecular weight is 477 g/mol. The Kier molecular flexibility index (Phi) is 6.72. The van der Waals surface area contributed by atoms with Crippen molar-refractivity contribution < 1.29 is 45.0 Å². The first-order valence-electron chi connectivity index (χ1n) is 9.07.